The molecule has 0 spiro atoms. The predicted octanol–water partition coefficient (Wildman–Crippen LogP) is 3.07. The number of anilines is 2. The number of nitrogens with zero attached hydrogens (tertiary/aromatic N) is 2. The molecular formula is C20H18N4O5S2. The Morgan fingerprint density at radius 2 is 1.71 bits per heavy atom. The van der Waals surface area contributed by atoms with Gasteiger partial charge in [0.05, 0.1) is 18.4 Å². The first-order valence-corrected chi connectivity index (χ1v) is 10.8. The Kier molecular flexibility index (Phi) is 7.96. The molecular weight excluding hydrogens is 440 g/mol. The summed E-state index contributed by atoms with van der Waals surface area (Å²) in [4.78, 5) is 35.5. The van der Waals surface area contributed by atoms with Gasteiger partial charge in [0.2, 0.25) is 11.0 Å². The van der Waals surface area contributed by atoms with E-state index in [1.54, 1.807) is 36.4 Å². The van der Waals surface area contributed by atoms with Gasteiger partial charge in [-0.3, -0.25) is 14.9 Å². The minimum atomic E-state index is -0.445. The van der Waals surface area contributed by atoms with Crippen molar-refractivity contribution in [1.82, 2.24) is 10.2 Å². The van der Waals surface area contributed by atoms with E-state index in [0.717, 1.165) is 11.3 Å². The highest BCUT2D eigenvalue weighted by molar-refractivity contribution is 8.01. The van der Waals surface area contributed by atoms with Gasteiger partial charge in [-0.05, 0) is 36.4 Å². The van der Waals surface area contributed by atoms with Crippen molar-refractivity contribution in [2.75, 3.05) is 30.1 Å². The zero-order valence-electron chi connectivity index (χ0n) is 16.4. The number of carbonyl (C=O) groups is 3. The molecule has 1 aromatic heterocycles. The summed E-state index contributed by atoms with van der Waals surface area (Å²) in [6, 6.07) is 15.4. The molecule has 2 amide bonds. The lowest BCUT2D eigenvalue weighted by molar-refractivity contribution is -0.118. The quantitative estimate of drug-likeness (QED) is 0.285. The summed E-state index contributed by atoms with van der Waals surface area (Å²) in [6.07, 6.45) is 0. The fourth-order valence-corrected chi connectivity index (χ4v) is 3.84. The Morgan fingerprint density at radius 3 is 2.42 bits per heavy atom. The molecule has 0 unspecified atom stereocenters. The Bertz CT molecular complexity index is 1040. The van der Waals surface area contributed by atoms with Crippen LogP contribution in [-0.2, 0) is 14.3 Å². The van der Waals surface area contributed by atoms with E-state index in [1.807, 2.05) is 18.2 Å². The van der Waals surface area contributed by atoms with Gasteiger partial charge in [-0.2, -0.15) is 0 Å². The minimum Gasteiger partial charge on any atom is -0.484 e. The Morgan fingerprint density at radius 1 is 0.968 bits per heavy atom. The van der Waals surface area contributed by atoms with Crippen LogP contribution in [0.4, 0.5) is 10.8 Å². The third kappa shape index (κ3) is 7.08. The lowest BCUT2D eigenvalue weighted by Gasteiger charge is -2.05. The maximum Gasteiger partial charge on any atom is 0.337 e. The zero-order valence-corrected chi connectivity index (χ0v) is 18.0. The molecule has 2 aromatic carbocycles. The zero-order chi connectivity index (χ0) is 22.1. The number of nitrogens with one attached hydrogen (secondary N) is 2. The molecule has 160 valence electrons. The minimum absolute atomic E-state index is 0.110. The van der Waals surface area contributed by atoms with Crippen LogP contribution in [0.3, 0.4) is 0 Å². The molecule has 0 saturated carbocycles. The van der Waals surface area contributed by atoms with Crippen LogP contribution in [-0.4, -0.2) is 47.5 Å². The van der Waals surface area contributed by atoms with Gasteiger partial charge in [-0.15, -0.1) is 10.2 Å². The largest absolute Gasteiger partial charge is 0.484 e. The smallest absolute Gasteiger partial charge is 0.337 e. The Balaban J connectivity index is 1.41. The number of methoxy groups -OCH3 is 1. The SMILES string of the molecule is COC(=O)c1ccc(NC(=O)CSc2nnc(NC(=O)COc3ccccc3)s2)cc1. The summed E-state index contributed by atoms with van der Waals surface area (Å²) < 4.78 is 10.5. The van der Waals surface area contributed by atoms with Gasteiger partial charge in [0.15, 0.2) is 10.9 Å². The molecule has 0 fully saturated rings. The van der Waals surface area contributed by atoms with Crippen molar-refractivity contribution in [3.63, 3.8) is 0 Å². The van der Waals surface area contributed by atoms with Crippen LogP contribution >= 0.6 is 23.1 Å². The van der Waals surface area contributed by atoms with Crippen LogP contribution in [0.5, 0.6) is 5.75 Å². The van der Waals surface area contributed by atoms with Gasteiger partial charge in [0.1, 0.15) is 5.75 Å². The lowest BCUT2D eigenvalue weighted by atomic mass is 10.2. The summed E-state index contributed by atoms with van der Waals surface area (Å²) in [6.45, 7) is -0.150. The normalized spacial score (nSPS) is 10.2. The van der Waals surface area contributed by atoms with Crippen molar-refractivity contribution < 1.29 is 23.9 Å². The molecule has 0 aliphatic carbocycles. The van der Waals surface area contributed by atoms with Crippen molar-refractivity contribution >= 4 is 51.7 Å². The standard InChI is InChI=1S/C20H18N4O5S2/c1-28-18(27)13-7-9-14(10-8-13)21-17(26)12-30-20-24-23-19(31-20)22-16(25)11-29-15-5-3-2-4-6-15/h2-10H,11-12H2,1H3,(H,21,26)(H,22,23,25). The first kappa shape index (κ1) is 22.2. The Labute approximate surface area is 186 Å². The molecule has 3 aromatic rings. The summed E-state index contributed by atoms with van der Waals surface area (Å²) in [5.41, 5.74) is 0.953. The highest BCUT2D eigenvalue weighted by atomic mass is 32.2. The topological polar surface area (TPSA) is 120 Å². The van der Waals surface area contributed by atoms with Crippen LogP contribution in [0.15, 0.2) is 58.9 Å². The molecule has 9 nitrogen and oxygen atoms in total. The number of ether oxygens (including phenoxy) is 2. The number of amides is 2. The van der Waals surface area contributed by atoms with Crippen LogP contribution in [0.2, 0.25) is 0 Å². The lowest BCUT2D eigenvalue weighted by Crippen LogP contribution is -2.20. The van der Waals surface area contributed by atoms with E-state index in [1.165, 1.54) is 18.9 Å². The molecule has 0 atom stereocenters. The second-order valence-corrected chi connectivity index (χ2v) is 8.13. The van der Waals surface area contributed by atoms with Crippen molar-refractivity contribution in [3.8, 4) is 5.75 Å². The van der Waals surface area contributed by atoms with Crippen LogP contribution in [0.1, 0.15) is 10.4 Å². The number of hydrogen-bond acceptors (Lipinski definition) is 9. The van der Waals surface area contributed by atoms with E-state index >= 15 is 0 Å². The van der Waals surface area contributed by atoms with Crippen molar-refractivity contribution in [3.05, 3.63) is 60.2 Å². The van der Waals surface area contributed by atoms with Crippen LogP contribution < -0.4 is 15.4 Å². The van der Waals surface area contributed by atoms with E-state index in [9.17, 15) is 14.4 Å². The molecule has 31 heavy (non-hydrogen) atoms. The van der Waals surface area contributed by atoms with Crippen molar-refractivity contribution in [2.24, 2.45) is 0 Å². The number of thioether (sulfide) groups is 1. The van der Waals surface area contributed by atoms with Crippen molar-refractivity contribution in [2.45, 2.75) is 4.34 Å². The predicted molar refractivity (Wildman–Crippen MR) is 118 cm³/mol. The average Bonchev–Trinajstić information content (AvgIpc) is 3.24. The summed E-state index contributed by atoms with van der Waals surface area (Å²) in [5.74, 6) is -0.341. The fourth-order valence-electron chi connectivity index (χ4n) is 2.27. The molecule has 0 bridgehead atoms. The van der Waals surface area contributed by atoms with Gasteiger partial charge in [0.25, 0.3) is 5.91 Å². The van der Waals surface area contributed by atoms with Crippen LogP contribution in [0, 0.1) is 0 Å². The number of hydrogen-bond donors (Lipinski definition) is 2. The third-order valence-corrected chi connectivity index (χ3v) is 5.65. The number of rotatable bonds is 9. The number of carbonyl (C=O) groups excluding carboxylic acids is 3. The molecule has 3 rings (SSSR count). The van der Waals surface area contributed by atoms with Gasteiger partial charge in [-0.1, -0.05) is 41.3 Å². The Hall–Kier alpha value is -3.44. The molecule has 0 radical (unpaired) electrons. The van der Waals surface area contributed by atoms with E-state index in [-0.39, 0.29) is 24.2 Å². The monoisotopic (exact) mass is 458 g/mol. The molecule has 1 heterocycles. The van der Waals surface area contributed by atoms with E-state index in [2.05, 4.69) is 25.6 Å². The van der Waals surface area contributed by atoms with Gasteiger partial charge in [-0.25, -0.2) is 4.79 Å². The maximum atomic E-state index is 12.1. The maximum absolute atomic E-state index is 12.1. The molecule has 0 aliphatic heterocycles. The highest BCUT2D eigenvalue weighted by Gasteiger charge is 2.12. The third-order valence-electron chi connectivity index (χ3n) is 3.68. The second kappa shape index (κ2) is 11.1. The highest BCUT2D eigenvalue weighted by Crippen LogP contribution is 2.25. The molecule has 2 N–H and O–H groups in total. The number of aromatic nitrogens is 2. The van der Waals surface area contributed by atoms with E-state index < -0.39 is 5.97 Å². The summed E-state index contributed by atoms with van der Waals surface area (Å²) >= 11 is 2.35. The van der Waals surface area contributed by atoms with Crippen molar-refractivity contribution in [1.29, 1.82) is 0 Å². The fraction of sp³-hybridized carbons (Fsp3) is 0.150. The molecule has 0 saturated heterocycles. The first-order valence-electron chi connectivity index (χ1n) is 8.95. The molecule has 0 aliphatic rings. The second-order valence-electron chi connectivity index (χ2n) is 5.93. The summed E-state index contributed by atoms with van der Waals surface area (Å²) in [5, 5.41) is 13.5. The van der Waals surface area contributed by atoms with Gasteiger partial charge in [0, 0.05) is 5.69 Å². The number of benzene rings is 2. The van der Waals surface area contributed by atoms with E-state index in [0.29, 0.717) is 26.5 Å². The van der Waals surface area contributed by atoms with Gasteiger partial charge >= 0.3 is 5.97 Å². The number of esters is 1. The average molecular weight is 459 g/mol. The number of para-hydroxylation sites is 1. The van der Waals surface area contributed by atoms with E-state index in [4.69, 9.17) is 4.74 Å². The summed E-state index contributed by atoms with van der Waals surface area (Å²) in [7, 11) is 1.30. The first-order chi connectivity index (χ1) is 15.0. The molecule has 11 heteroatoms. The van der Waals surface area contributed by atoms with Crippen LogP contribution in [0.25, 0.3) is 0 Å². The van der Waals surface area contributed by atoms with Gasteiger partial charge < -0.3 is 14.8 Å².